The lowest BCUT2D eigenvalue weighted by atomic mass is 10.1. The highest BCUT2D eigenvalue weighted by atomic mass is 16.5. The van der Waals surface area contributed by atoms with Gasteiger partial charge in [-0.15, -0.1) is 0 Å². The van der Waals surface area contributed by atoms with Crippen LogP contribution in [0.15, 0.2) is 47.6 Å². The first-order valence-electron chi connectivity index (χ1n) is 8.92. The largest absolute Gasteiger partial charge is 0.493 e. The molecule has 0 bridgehead atoms. The molecule has 0 aliphatic carbocycles. The molecule has 0 spiro atoms. The van der Waals surface area contributed by atoms with Crippen molar-refractivity contribution in [3.63, 3.8) is 0 Å². The summed E-state index contributed by atoms with van der Waals surface area (Å²) in [6.07, 6.45) is 4.92. The Hall–Kier alpha value is -3.02. The normalized spacial score (nSPS) is 10.6. The summed E-state index contributed by atoms with van der Waals surface area (Å²) in [4.78, 5) is 11.8. The summed E-state index contributed by atoms with van der Waals surface area (Å²) in [6, 6.07) is 13.2. The Labute approximate surface area is 160 Å². The van der Waals surface area contributed by atoms with E-state index in [0.29, 0.717) is 17.2 Å². The number of hydrogen-bond donors (Lipinski definition) is 1. The molecule has 0 saturated heterocycles. The van der Waals surface area contributed by atoms with E-state index in [4.69, 9.17) is 14.2 Å². The first-order valence-corrected chi connectivity index (χ1v) is 8.92. The number of hydrazone groups is 1. The molecule has 0 aliphatic rings. The van der Waals surface area contributed by atoms with Gasteiger partial charge in [0, 0.05) is 0 Å². The lowest BCUT2D eigenvalue weighted by molar-refractivity contribution is -0.123. The lowest BCUT2D eigenvalue weighted by Gasteiger charge is -2.07. The van der Waals surface area contributed by atoms with E-state index >= 15 is 0 Å². The van der Waals surface area contributed by atoms with Crippen molar-refractivity contribution in [3.05, 3.63) is 53.6 Å². The van der Waals surface area contributed by atoms with E-state index in [2.05, 4.69) is 17.5 Å². The highest BCUT2D eigenvalue weighted by Gasteiger charge is 2.04. The minimum absolute atomic E-state index is 0.0996. The van der Waals surface area contributed by atoms with Gasteiger partial charge in [0.15, 0.2) is 18.1 Å². The summed E-state index contributed by atoms with van der Waals surface area (Å²) in [5.41, 5.74) is 4.49. The zero-order valence-electron chi connectivity index (χ0n) is 16.0. The van der Waals surface area contributed by atoms with Gasteiger partial charge in [0.25, 0.3) is 5.91 Å². The molecule has 2 rings (SSSR count). The average Bonchev–Trinajstić information content (AvgIpc) is 2.71. The van der Waals surface area contributed by atoms with Crippen LogP contribution >= 0.6 is 0 Å². The molecule has 2 aromatic rings. The molecule has 0 unspecified atom stereocenters. The summed E-state index contributed by atoms with van der Waals surface area (Å²) < 4.78 is 15.9. The second-order valence-corrected chi connectivity index (χ2v) is 5.94. The van der Waals surface area contributed by atoms with Gasteiger partial charge in [-0.1, -0.05) is 25.5 Å². The molecule has 1 N–H and O–H groups in total. The second kappa shape index (κ2) is 10.9. The van der Waals surface area contributed by atoms with Gasteiger partial charge in [0.1, 0.15) is 5.75 Å². The lowest BCUT2D eigenvalue weighted by Crippen LogP contribution is -2.24. The molecule has 0 atom stereocenters. The van der Waals surface area contributed by atoms with E-state index in [9.17, 15) is 4.79 Å². The molecule has 6 heteroatoms. The number of benzene rings is 2. The minimum Gasteiger partial charge on any atom is -0.493 e. The van der Waals surface area contributed by atoms with Crippen LogP contribution in [0.4, 0.5) is 0 Å². The molecule has 0 fully saturated rings. The molecule has 0 aliphatic heterocycles. The number of carbonyl (C=O) groups excluding carboxylic acids is 1. The predicted molar refractivity (Wildman–Crippen MR) is 106 cm³/mol. The van der Waals surface area contributed by atoms with Crippen LogP contribution in [0.1, 0.15) is 30.9 Å². The fraction of sp³-hybridized carbons (Fsp3) is 0.333. The van der Waals surface area contributed by atoms with Crippen molar-refractivity contribution >= 4 is 12.1 Å². The Bertz CT molecular complexity index is 757. The Balaban J connectivity index is 1.79. The number of aryl methyl sites for hydroxylation is 1. The standard InChI is InChI=1S/C21H26N2O4/c1-4-5-6-16-7-10-18(11-8-16)27-15-21(24)23-22-14-17-9-12-19(25-2)20(13-17)26-3/h7-14H,4-6,15H2,1-3H3,(H,23,24). The molecule has 0 saturated carbocycles. The van der Waals surface area contributed by atoms with Crippen LogP contribution in [0.25, 0.3) is 0 Å². The second-order valence-electron chi connectivity index (χ2n) is 5.94. The fourth-order valence-electron chi connectivity index (χ4n) is 2.43. The maximum absolute atomic E-state index is 11.8. The fourth-order valence-corrected chi connectivity index (χ4v) is 2.43. The summed E-state index contributed by atoms with van der Waals surface area (Å²) >= 11 is 0. The van der Waals surface area contributed by atoms with E-state index in [1.54, 1.807) is 26.4 Å². The molecule has 6 nitrogen and oxygen atoms in total. The van der Waals surface area contributed by atoms with Crippen LogP contribution in [-0.4, -0.2) is 32.9 Å². The Morgan fingerprint density at radius 2 is 1.81 bits per heavy atom. The van der Waals surface area contributed by atoms with Crippen molar-refractivity contribution in [1.82, 2.24) is 5.43 Å². The van der Waals surface area contributed by atoms with Crippen LogP contribution in [0, 0.1) is 0 Å². The highest BCUT2D eigenvalue weighted by molar-refractivity contribution is 5.83. The van der Waals surface area contributed by atoms with Gasteiger partial charge >= 0.3 is 0 Å². The third-order valence-corrected chi connectivity index (χ3v) is 3.92. The van der Waals surface area contributed by atoms with Crippen LogP contribution in [-0.2, 0) is 11.2 Å². The monoisotopic (exact) mass is 370 g/mol. The van der Waals surface area contributed by atoms with E-state index < -0.39 is 0 Å². The number of hydrogen-bond acceptors (Lipinski definition) is 5. The van der Waals surface area contributed by atoms with Crippen molar-refractivity contribution in [1.29, 1.82) is 0 Å². The first-order chi connectivity index (χ1) is 13.2. The van der Waals surface area contributed by atoms with E-state index in [1.165, 1.54) is 24.6 Å². The molecule has 0 aromatic heterocycles. The quantitative estimate of drug-likeness (QED) is 0.513. The number of methoxy groups -OCH3 is 2. The Morgan fingerprint density at radius 3 is 2.48 bits per heavy atom. The smallest absolute Gasteiger partial charge is 0.277 e. The molecule has 2 aromatic carbocycles. The van der Waals surface area contributed by atoms with Crippen LogP contribution in [0.2, 0.25) is 0 Å². The maximum Gasteiger partial charge on any atom is 0.277 e. The SMILES string of the molecule is CCCCc1ccc(OCC(=O)NN=Cc2ccc(OC)c(OC)c2)cc1. The molecule has 0 radical (unpaired) electrons. The predicted octanol–water partition coefficient (Wildman–Crippen LogP) is 3.58. The summed E-state index contributed by atoms with van der Waals surface area (Å²) in [5, 5.41) is 3.93. The molecule has 0 heterocycles. The minimum atomic E-state index is -0.332. The van der Waals surface area contributed by atoms with Gasteiger partial charge in [-0.25, -0.2) is 5.43 Å². The van der Waals surface area contributed by atoms with Gasteiger partial charge < -0.3 is 14.2 Å². The van der Waals surface area contributed by atoms with Gasteiger partial charge in [0.2, 0.25) is 0 Å². The van der Waals surface area contributed by atoms with Gasteiger partial charge in [0.05, 0.1) is 20.4 Å². The number of nitrogens with one attached hydrogen (secondary N) is 1. The molecular weight excluding hydrogens is 344 g/mol. The number of carbonyl (C=O) groups is 1. The van der Waals surface area contributed by atoms with Gasteiger partial charge in [-0.2, -0.15) is 5.10 Å². The van der Waals surface area contributed by atoms with Crippen LogP contribution in [0.3, 0.4) is 0 Å². The van der Waals surface area contributed by atoms with E-state index in [-0.39, 0.29) is 12.5 Å². The summed E-state index contributed by atoms with van der Waals surface area (Å²) in [7, 11) is 3.14. The molecular formula is C21H26N2O4. The summed E-state index contributed by atoms with van der Waals surface area (Å²) in [6.45, 7) is 2.07. The van der Waals surface area contributed by atoms with Crippen molar-refractivity contribution in [2.75, 3.05) is 20.8 Å². The Kier molecular flexibility index (Phi) is 8.16. The van der Waals surface area contributed by atoms with Crippen molar-refractivity contribution in [3.8, 4) is 17.2 Å². The zero-order valence-corrected chi connectivity index (χ0v) is 16.0. The molecule has 1 amide bonds. The summed E-state index contributed by atoms with van der Waals surface area (Å²) in [5.74, 6) is 1.56. The van der Waals surface area contributed by atoms with Gasteiger partial charge in [-0.05, 0) is 54.3 Å². The zero-order chi connectivity index (χ0) is 19.5. The Morgan fingerprint density at radius 1 is 1.07 bits per heavy atom. The maximum atomic E-state index is 11.8. The van der Waals surface area contributed by atoms with Crippen molar-refractivity contribution in [2.45, 2.75) is 26.2 Å². The topological polar surface area (TPSA) is 69.2 Å². The number of ether oxygens (including phenoxy) is 3. The third kappa shape index (κ3) is 6.66. The number of unbranched alkanes of at least 4 members (excludes halogenated alkanes) is 1. The molecule has 27 heavy (non-hydrogen) atoms. The van der Waals surface area contributed by atoms with E-state index in [1.807, 2.05) is 30.3 Å². The highest BCUT2D eigenvalue weighted by Crippen LogP contribution is 2.26. The van der Waals surface area contributed by atoms with Gasteiger partial charge in [-0.3, -0.25) is 4.79 Å². The van der Waals surface area contributed by atoms with Crippen LogP contribution in [0.5, 0.6) is 17.2 Å². The third-order valence-electron chi connectivity index (χ3n) is 3.92. The van der Waals surface area contributed by atoms with Crippen LogP contribution < -0.4 is 19.6 Å². The first kappa shape index (κ1) is 20.3. The number of nitrogens with zero attached hydrogens (tertiary/aromatic N) is 1. The average molecular weight is 370 g/mol. The van der Waals surface area contributed by atoms with Crippen molar-refractivity contribution in [2.24, 2.45) is 5.10 Å². The number of amides is 1. The molecule has 144 valence electrons. The number of rotatable bonds is 10. The van der Waals surface area contributed by atoms with E-state index in [0.717, 1.165) is 12.0 Å². The van der Waals surface area contributed by atoms with Crippen molar-refractivity contribution < 1.29 is 19.0 Å².